The van der Waals surface area contributed by atoms with Gasteiger partial charge in [0.05, 0.1) is 19.8 Å². The molecule has 5 heteroatoms. The second kappa shape index (κ2) is 4.91. The maximum absolute atomic E-state index is 14.5. The number of rotatable bonds is 5. The van der Waals surface area contributed by atoms with Gasteiger partial charge >= 0.3 is 0 Å². The number of carbonyl (C=O) groups excluding carboxylic acids is 1. The molecule has 0 aromatic heterocycles. The fourth-order valence-electron chi connectivity index (χ4n) is 2.40. The molecule has 0 saturated heterocycles. The maximum atomic E-state index is 14.5. The third-order valence-corrected chi connectivity index (χ3v) is 3.65. The smallest absolute Gasteiger partial charge is 0.235 e. The van der Waals surface area contributed by atoms with Gasteiger partial charge in [-0.3, -0.25) is 0 Å². The van der Waals surface area contributed by atoms with Crippen molar-refractivity contribution in [3.05, 3.63) is 23.3 Å². The van der Waals surface area contributed by atoms with Gasteiger partial charge in [-0.25, -0.2) is 9.18 Å². The highest BCUT2D eigenvalue weighted by molar-refractivity contribution is 5.54. The van der Waals surface area contributed by atoms with Gasteiger partial charge in [-0.05, 0) is 49.9 Å². The molecule has 0 heterocycles. The van der Waals surface area contributed by atoms with Crippen LogP contribution in [0.3, 0.4) is 0 Å². The molecule has 1 aliphatic rings. The number of isocyanates is 1. The molecule has 0 aliphatic heterocycles. The highest BCUT2D eigenvalue weighted by Gasteiger charge is 2.48. The summed E-state index contributed by atoms with van der Waals surface area (Å²) in [5.74, 6) is 0.964. The van der Waals surface area contributed by atoms with Gasteiger partial charge in [-0.2, -0.15) is 4.99 Å². The van der Waals surface area contributed by atoms with Gasteiger partial charge in [0, 0.05) is 0 Å². The Labute approximate surface area is 117 Å². The monoisotopic (exact) mass is 279 g/mol. The highest BCUT2D eigenvalue weighted by atomic mass is 19.1. The van der Waals surface area contributed by atoms with E-state index >= 15 is 0 Å². The minimum absolute atomic E-state index is 0.461. The Balaban J connectivity index is 2.68. The number of halogens is 1. The lowest BCUT2D eigenvalue weighted by Gasteiger charge is -2.24. The number of hydrogen-bond donors (Lipinski definition) is 0. The van der Waals surface area contributed by atoms with Crippen LogP contribution in [0.15, 0.2) is 17.1 Å². The number of nitrogens with zero attached hydrogens (tertiary/aromatic N) is 1. The molecule has 1 saturated carbocycles. The maximum Gasteiger partial charge on any atom is 0.235 e. The number of methoxy groups -OCH3 is 2. The van der Waals surface area contributed by atoms with Crippen molar-refractivity contribution in [1.82, 2.24) is 0 Å². The molecule has 0 bridgehead atoms. The number of ether oxygens (including phenoxy) is 2. The highest BCUT2D eigenvalue weighted by Crippen LogP contribution is 2.54. The third kappa shape index (κ3) is 2.41. The van der Waals surface area contributed by atoms with Crippen molar-refractivity contribution in [1.29, 1.82) is 0 Å². The number of alkyl halides is 1. The predicted octanol–water partition coefficient (Wildman–Crippen LogP) is 3.23. The molecule has 1 aromatic carbocycles. The first-order chi connectivity index (χ1) is 9.38. The predicted molar refractivity (Wildman–Crippen MR) is 72.7 cm³/mol. The minimum Gasteiger partial charge on any atom is -0.493 e. The molecule has 0 N–H and O–H groups in total. The summed E-state index contributed by atoms with van der Waals surface area (Å²) in [4.78, 5) is 14.5. The first-order valence-corrected chi connectivity index (χ1v) is 6.43. The summed E-state index contributed by atoms with van der Waals surface area (Å²) in [7, 11) is 3.02. The summed E-state index contributed by atoms with van der Waals surface area (Å²) in [6.07, 6.45) is 3.01. The van der Waals surface area contributed by atoms with E-state index in [1.807, 2.05) is 0 Å². The molecule has 0 atom stereocenters. The molecular weight excluding hydrogens is 261 g/mol. The number of hydrogen-bond acceptors (Lipinski definition) is 4. The van der Waals surface area contributed by atoms with Crippen molar-refractivity contribution in [3.8, 4) is 11.5 Å². The van der Waals surface area contributed by atoms with Crippen LogP contribution in [0.5, 0.6) is 11.5 Å². The second-order valence-electron chi connectivity index (χ2n) is 5.46. The van der Waals surface area contributed by atoms with Crippen LogP contribution in [-0.4, -0.2) is 20.3 Å². The summed E-state index contributed by atoms with van der Waals surface area (Å²) in [5.41, 5.74) is -1.08. The number of benzene rings is 1. The lowest BCUT2D eigenvalue weighted by atomic mass is 9.89. The summed E-state index contributed by atoms with van der Waals surface area (Å²) in [6.45, 7) is 2.94. The van der Waals surface area contributed by atoms with Crippen molar-refractivity contribution in [2.75, 3.05) is 14.2 Å². The lowest BCUT2D eigenvalue weighted by molar-refractivity contribution is 0.217. The van der Waals surface area contributed by atoms with Crippen LogP contribution in [0.4, 0.5) is 4.39 Å². The van der Waals surface area contributed by atoms with Gasteiger partial charge < -0.3 is 9.47 Å². The standard InChI is InChI=1S/C15H18FNO3/c1-14(2,16)10-7-12(19-3)13(20-4)8-11(10)15(5-6-15)17-9-18/h7-8H,5-6H2,1-4H3. The molecule has 0 radical (unpaired) electrons. The Bertz CT molecular complexity index is 567. The van der Waals surface area contributed by atoms with Crippen LogP contribution in [0.25, 0.3) is 0 Å². The van der Waals surface area contributed by atoms with E-state index in [4.69, 9.17) is 9.47 Å². The Morgan fingerprint density at radius 1 is 1.25 bits per heavy atom. The zero-order valence-corrected chi connectivity index (χ0v) is 12.1. The summed E-state index contributed by atoms with van der Waals surface area (Å²) in [5, 5.41) is 0. The summed E-state index contributed by atoms with van der Waals surface area (Å²) < 4.78 is 25.0. The van der Waals surface area contributed by atoms with Crippen molar-refractivity contribution in [3.63, 3.8) is 0 Å². The first kappa shape index (κ1) is 14.5. The molecule has 20 heavy (non-hydrogen) atoms. The average Bonchev–Trinajstić information content (AvgIpc) is 3.17. The van der Waals surface area contributed by atoms with Crippen LogP contribution < -0.4 is 9.47 Å². The minimum atomic E-state index is -1.57. The van der Waals surface area contributed by atoms with Gasteiger partial charge in [0.15, 0.2) is 11.5 Å². The number of aliphatic imine (C=N–C) groups is 1. The van der Waals surface area contributed by atoms with Crippen LogP contribution >= 0.6 is 0 Å². The van der Waals surface area contributed by atoms with E-state index in [1.165, 1.54) is 28.1 Å². The molecular formula is C15H18FNO3. The zero-order valence-electron chi connectivity index (χ0n) is 12.1. The van der Waals surface area contributed by atoms with Gasteiger partial charge in [-0.1, -0.05) is 0 Å². The Hall–Kier alpha value is -1.87. The van der Waals surface area contributed by atoms with E-state index in [0.717, 1.165) is 0 Å². The van der Waals surface area contributed by atoms with E-state index in [2.05, 4.69) is 4.99 Å². The molecule has 4 nitrogen and oxygen atoms in total. The van der Waals surface area contributed by atoms with Crippen LogP contribution in [0.1, 0.15) is 37.8 Å². The molecule has 1 fully saturated rings. The second-order valence-corrected chi connectivity index (χ2v) is 5.46. The quantitative estimate of drug-likeness (QED) is 0.614. The lowest BCUT2D eigenvalue weighted by Crippen LogP contribution is -2.17. The van der Waals surface area contributed by atoms with Gasteiger partial charge in [-0.15, -0.1) is 0 Å². The normalized spacial score (nSPS) is 16.2. The fraction of sp³-hybridized carbons (Fsp3) is 0.533. The first-order valence-electron chi connectivity index (χ1n) is 6.43. The van der Waals surface area contributed by atoms with Gasteiger partial charge in [0.1, 0.15) is 5.67 Å². The van der Waals surface area contributed by atoms with Gasteiger partial charge in [0.2, 0.25) is 6.08 Å². The van der Waals surface area contributed by atoms with E-state index in [1.54, 1.807) is 18.2 Å². The molecule has 108 valence electrons. The third-order valence-electron chi connectivity index (χ3n) is 3.65. The Morgan fingerprint density at radius 3 is 2.20 bits per heavy atom. The van der Waals surface area contributed by atoms with E-state index in [0.29, 0.717) is 35.5 Å². The molecule has 2 rings (SSSR count). The fourth-order valence-corrected chi connectivity index (χ4v) is 2.40. The van der Waals surface area contributed by atoms with Crippen LogP contribution in [0.2, 0.25) is 0 Å². The summed E-state index contributed by atoms with van der Waals surface area (Å²) >= 11 is 0. The van der Waals surface area contributed by atoms with Crippen LogP contribution in [0, 0.1) is 0 Å². The topological polar surface area (TPSA) is 47.9 Å². The van der Waals surface area contributed by atoms with Crippen molar-refractivity contribution in [2.24, 2.45) is 4.99 Å². The molecule has 1 aliphatic carbocycles. The average molecular weight is 279 g/mol. The molecule has 0 unspecified atom stereocenters. The summed E-state index contributed by atoms with van der Waals surface area (Å²) in [6, 6.07) is 3.33. The molecule has 0 amide bonds. The van der Waals surface area contributed by atoms with E-state index in [9.17, 15) is 9.18 Å². The Morgan fingerprint density at radius 2 is 1.80 bits per heavy atom. The Kier molecular flexibility index (Phi) is 3.57. The van der Waals surface area contributed by atoms with Crippen molar-refractivity contribution >= 4 is 6.08 Å². The van der Waals surface area contributed by atoms with Crippen molar-refractivity contribution < 1.29 is 18.7 Å². The molecule has 0 spiro atoms. The SMILES string of the molecule is COc1cc(C(C)(C)F)c(C2(N=C=O)CC2)cc1OC. The van der Waals surface area contributed by atoms with Gasteiger partial charge in [0.25, 0.3) is 0 Å². The largest absolute Gasteiger partial charge is 0.493 e. The van der Waals surface area contributed by atoms with Crippen LogP contribution in [-0.2, 0) is 16.0 Å². The van der Waals surface area contributed by atoms with E-state index in [-0.39, 0.29) is 0 Å². The zero-order chi connectivity index (χ0) is 15.0. The van der Waals surface area contributed by atoms with E-state index < -0.39 is 11.2 Å². The molecule has 1 aromatic rings. The van der Waals surface area contributed by atoms with Crippen molar-refractivity contribution in [2.45, 2.75) is 37.9 Å².